The van der Waals surface area contributed by atoms with Gasteiger partial charge in [-0.1, -0.05) is 6.92 Å². The molecule has 0 unspecified atom stereocenters. The average Bonchev–Trinajstić information content (AvgIpc) is 2.82. The van der Waals surface area contributed by atoms with Gasteiger partial charge in [-0.25, -0.2) is 9.97 Å². The van der Waals surface area contributed by atoms with Crippen LogP contribution in [0.4, 0.5) is 5.69 Å². The summed E-state index contributed by atoms with van der Waals surface area (Å²) in [5.74, 6) is 1.54. The van der Waals surface area contributed by atoms with Gasteiger partial charge >= 0.3 is 0 Å². The Morgan fingerprint density at radius 2 is 2.06 bits per heavy atom. The third-order valence-corrected chi connectivity index (χ3v) is 6.43. The van der Waals surface area contributed by atoms with Gasteiger partial charge in [0.25, 0.3) is 5.56 Å². The largest absolute Gasteiger partial charge is 0.489 e. The van der Waals surface area contributed by atoms with E-state index >= 15 is 0 Å². The van der Waals surface area contributed by atoms with Crippen LogP contribution >= 0.6 is 0 Å². The van der Waals surface area contributed by atoms with Crippen LogP contribution in [0.1, 0.15) is 46.2 Å². The van der Waals surface area contributed by atoms with Gasteiger partial charge in [0.15, 0.2) is 0 Å². The van der Waals surface area contributed by atoms with E-state index in [1.807, 2.05) is 26.0 Å². The van der Waals surface area contributed by atoms with E-state index in [-0.39, 0.29) is 29.7 Å². The van der Waals surface area contributed by atoms with Crippen molar-refractivity contribution >= 4 is 16.7 Å². The van der Waals surface area contributed by atoms with Gasteiger partial charge in [0.1, 0.15) is 29.1 Å². The summed E-state index contributed by atoms with van der Waals surface area (Å²) in [6.45, 7) is 8.96. The molecule has 0 N–H and O–H groups in total. The van der Waals surface area contributed by atoms with Crippen LogP contribution in [0.5, 0.6) is 11.6 Å². The van der Waals surface area contributed by atoms with E-state index in [0.29, 0.717) is 22.6 Å². The van der Waals surface area contributed by atoms with Crippen LogP contribution < -0.4 is 19.9 Å². The molecule has 8 nitrogen and oxygen atoms in total. The lowest BCUT2D eigenvalue weighted by molar-refractivity contribution is 0.0911. The van der Waals surface area contributed by atoms with Crippen molar-refractivity contribution in [2.45, 2.75) is 58.8 Å². The molecular formula is C26H31N5O3. The second-order valence-corrected chi connectivity index (χ2v) is 9.16. The second kappa shape index (κ2) is 9.72. The molecule has 0 saturated carbocycles. The van der Waals surface area contributed by atoms with Gasteiger partial charge in [-0.2, -0.15) is 5.26 Å². The molecule has 3 aromatic heterocycles. The van der Waals surface area contributed by atoms with Crippen LogP contribution in [0.15, 0.2) is 41.3 Å². The number of nitrogens with zero attached hydrogens (tertiary/aromatic N) is 5. The molecule has 0 aromatic carbocycles. The Morgan fingerprint density at radius 3 is 2.71 bits per heavy atom. The molecule has 1 aliphatic heterocycles. The number of aryl methyl sites for hydroxylation is 1. The van der Waals surface area contributed by atoms with Gasteiger partial charge in [0, 0.05) is 44.1 Å². The Kier molecular flexibility index (Phi) is 6.73. The highest BCUT2D eigenvalue weighted by molar-refractivity contribution is 5.88. The smallest absolute Gasteiger partial charge is 0.252 e. The Hall–Kier alpha value is -3.60. The molecule has 1 fully saturated rings. The van der Waals surface area contributed by atoms with Gasteiger partial charge in [-0.05, 0) is 45.4 Å². The Labute approximate surface area is 199 Å². The summed E-state index contributed by atoms with van der Waals surface area (Å²) in [4.78, 5) is 23.9. The highest BCUT2D eigenvalue weighted by atomic mass is 16.5. The number of rotatable bonds is 6. The third kappa shape index (κ3) is 4.69. The molecule has 0 radical (unpaired) electrons. The van der Waals surface area contributed by atoms with Crippen molar-refractivity contribution in [1.82, 2.24) is 14.5 Å². The van der Waals surface area contributed by atoms with Gasteiger partial charge in [0.2, 0.25) is 5.88 Å². The number of anilines is 1. The van der Waals surface area contributed by atoms with Crippen molar-refractivity contribution in [3.8, 4) is 17.7 Å². The van der Waals surface area contributed by atoms with Crippen molar-refractivity contribution in [3.63, 3.8) is 0 Å². The minimum atomic E-state index is -0.0967. The lowest BCUT2D eigenvalue weighted by Gasteiger charge is -2.43. The molecule has 3 aromatic rings. The molecular weight excluding hydrogens is 430 g/mol. The first-order chi connectivity index (χ1) is 16.3. The molecule has 0 bridgehead atoms. The molecule has 0 amide bonds. The van der Waals surface area contributed by atoms with Crippen LogP contribution in [0.3, 0.4) is 0 Å². The average molecular weight is 462 g/mol. The summed E-state index contributed by atoms with van der Waals surface area (Å²) in [7, 11) is 1.73. The van der Waals surface area contributed by atoms with E-state index in [9.17, 15) is 10.1 Å². The fourth-order valence-corrected chi connectivity index (χ4v) is 4.60. The van der Waals surface area contributed by atoms with Crippen LogP contribution in [0.2, 0.25) is 0 Å². The van der Waals surface area contributed by atoms with Crippen molar-refractivity contribution in [2.24, 2.45) is 13.0 Å². The highest BCUT2D eigenvalue weighted by Crippen LogP contribution is 2.34. The van der Waals surface area contributed by atoms with Crippen molar-refractivity contribution in [3.05, 3.63) is 52.6 Å². The van der Waals surface area contributed by atoms with E-state index in [4.69, 9.17) is 9.47 Å². The first kappa shape index (κ1) is 23.6. The summed E-state index contributed by atoms with van der Waals surface area (Å²) < 4.78 is 13.6. The standard InChI is InChI=1S/C26H31N5O3/c1-6-18-15-31(22-12-25(32)30(5)21-9-7-19(13-27)29-26(21)22)17(4)11-23(18)34-24-10-8-20(14-28-24)33-16(2)3/h7-10,12,14,16-18,23H,6,11,15H2,1-5H3/t17-,18-,23+/m0/s1. The van der Waals surface area contributed by atoms with E-state index in [0.717, 1.165) is 30.8 Å². The number of hydrogen-bond donors (Lipinski definition) is 0. The summed E-state index contributed by atoms with van der Waals surface area (Å²) in [5.41, 5.74) is 2.40. The van der Waals surface area contributed by atoms with E-state index in [2.05, 4.69) is 34.8 Å². The van der Waals surface area contributed by atoms with Crippen molar-refractivity contribution < 1.29 is 9.47 Å². The summed E-state index contributed by atoms with van der Waals surface area (Å²) in [5, 5.41) is 9.36. The predicted molar refractivity (Wildman–Crippen MR) is 131 cm³/mol. The Morgan fingerprint density at radius 1 is 1.26 bits per heavy atom. The first-order valence-corrected chi connectivity index (χ1v) is 11.8. The molecule has 0 spiro atoms. The minimum absolute atomic E-state index is 0.000977. The van der Waals surface area contributed by atoms with Crippen molar-refractivity contribution in [2.75, 3.05) is 11.4 Å². The first-order valence-electron chi connectivity index (χ1n) is 11.8. The maximum atomic E-state index is 12.7. The van der Waals surface area contributed by atoms with Crippen LogP contribution in [0, 0.1) is 17.2 Å². The molecule has 34 heavy (non-hydrogen) atoms. The number of piperidine rings is 1. The number of fused-ring (bicyclic) bond motifs is 1. The van der Waals surface area contributed by atoms with E-state index in [1.54, 1.807) is 36.0 Å². The van der Waals surface area contributed by atoms with Crippen molar-refractivity contribution in [1.29, 1.82) is 5.26 Å². The summed E-state index contributed by atoms with van der Waals surface area (Å²) >= 11 is 0. The van der Waals surface area contributed by atoms with Gasteiger partial charge in [0.05, 0.1) is 23.5 Å². The number of hydrogen-bond acceptors (Lipinski definition) is 7. The number of aromatic nitrogens is 3. The Balaban J connectivity index is 1.61. The molecule has 8 heteroatoms. The fraction of sp³-hybridized carbons (Fsp3) is 0.462. The molecule has 4 rings (SSSR count). The number of ether oxygens (including phenoxy) is 2. The van der Waals surface area contributed by atoms with Gasteiger partial charge in [-0.15, -0.1) is 0 Å². The molecule has 1 saturated heterocycles. The van der Waals surface area contributed by atoms with Crippen LogP contribution in [-0.2, 0) is 7.05 Å². The zero-order valence-electron chi connectivity index (χ0n) is 20.4. The summed E-state index contributed by atoms with van der Waals surface area (Å²) in [6, 6.07) is 11.0. The number of pyridine rings is 3. The molecule has 3 atom stereocenters. The normalized spacial score (nSPS) is 20.4. The predicted octanol–water partition coefficient (Wildman–Crippen LogP) is 4.06. The molecule has 4 heterocycles. The quantitative estimate of drug-likeness (QED) is 0.546. The van der Waals surface area contributed by atoms with Gasteiger partial charge < -0.3 is 18.9 Å². The van der Waals surface area contributed by atoms with E-state index in [1.165, 1.54) is 0 Å². The maximum Gasteiger partial charge on any atom is 0.252 e. The lowest BCUT2D eigenvalue weighted by atomic mass is 9.88. The minimum Gasteiger partial charge on any atom is -0.489 e. The fourth-order valence-electron chi connectivity index (χ4n) is 4.60. The highest BCUT2D eigenvalue weighted by Gasteiger charge is 2.35. The lowest BCUT2D eigenvalue weighted by Crippen LogP contribution is -2.50. The Bertz CT molecular complexity index is 1260. The molecule has 1 aliphatic rings. The zero-order valence-corrected chi connectivity index (χ0v) is 20.4. The van der Waals surface area contributed by atoms with Gasteiger partial charge in [-0.3, -0.25) is 4.79 Å². The monoisotopic (exact) mass is 461 g/mol. The molecule has 0 aliphatic carbocycles. The molecule has 178 valence electrons. The topological polar surface area (TPSA) is 93.3 Å². The van der Waals surface area contributed by atoms with Crippen LogP contribution in [-0.4, -0.2) is 39.3 Å². The van der Waals surface area contributed by atoms with Crippen LogP contribution in [0.25, 0.3) is 11.0 Å². The zero-order chi connectivity index (χ0) is 24.4. The number of nitriles is 1. The summed E-state index contributed by atoms with van der Waals surface area (Å²) in [6.07, 6.45) is 3.48. The maximum absolute atomic E-state index is 12.7. The third-order valence-electron chi connectivity index (χ3n) is 6.43. The van der Waals surface area contributed by atoms with E-state index < -0.39 is 0 Å². The SMILES string of the molecule is CC[C@H]1CN(c2cc(=O)n(C)c3ccc(C#N)nc23)[C@@H](C)C[C@H]1Oc1ccc(OC(C)C)cn1. The second-order valence-electron chi connectivity index (χ2n) is 9.16.